The van der Waals surface area contributed by atoms with Crippen LogP contribution in [0.25, 0.3) is 10.9 Å². The van der Waals surface area contributed by atoms with Gasteiger partial charge in [0.05, 0.1) is 11.1 Å². The molecule has 1 aliphatic rings. The van der Waals surface area contributed by atoms with Crippen molar-refractivity contribution in [1.29, 1.82) is 0 Å². The summed E-state index contributed by atoms with van der Waals surface area (Å²) in [4.78, 5) is 4.47. The molecule has 100 valence electrons. The number of rotatable bonds is 4. The van der Waals surface area contributed by atoms with Gasteiger partial charge in [-0.25, -0.2) is 0 Å². The first-order valence-corrected chi connectivity index (χ1v) is 6.87. The lowest BCUT2D eigenvalue weighted by Gasteiger charge is -2.40. The van der Waals surface area contributed by atoms with Crippen LogP contribution in [0, 0.1) is 6.92 Å². The average molecular weight is 256 g/mol. The van der Waals surface area contributed by atoms with Gasteiger partial charge in [0.1, 0.15) is 0 Å². The highest BCUT2D eigenvalue weighted by atomic mass is 16.5. The van der Waals surface area contributed by atoms with Crippen LogP contribution >= 0.6 is 0 Å². The van der Waals surface area contributed by atoms with Crippen LogP contribution in [0.2, 0.25) is 0 Å². The van der Waals surface area contributed by atoms with Gasteiger partial charge in [0.2, 0.25) is 0 Å². The zero-order chi connectivity index (χ0) is 13.3. The lowest BCUT2D eigenvalue weighted by atomic mass is 9.80. The molecule has 1 heterocycles. The van der Waals surface area contributed by atoms with Gasteiger partial charge >= 0.3 is 0 Å². The van der Waals surface area contributed by atoms with E-state index < -0.39 is 0 Å². The van der Waals surface area contributed by atoms with Crippen LogP contribution in [0.5, 0.6) is 0 Å². The fraction of sp³-hybridized carbons (Fsp3) is 0.438. The minimum atomic E-state index is 0.0411. The lowest BCUT2D eigenvalue weighted by Crippen LogP contribution is -2.45. The molecular weight excluding hydrogens is 236 g/mol. The van der Waals surface area contributed by atoms with Crippen molar-refractivity contribution >= 4 is 16.6 Å². The van der Waals surface area contributed by atoms with Crippen LogP contribution < -0.4 is 5.32 Å². The largest absolute Gasteiger partial charge is 0.382 e. The summed E-state index contributed by atoms with van der Waals surface area (Å²) in [5.41, 5.74) is 3.48. The molecule has 1 aliphatic carbocycles. The summed E-state index contributed by atoms with van der Waals surface area (Å²) < 4.78 is 5.65. The topological polar surface area (TPSA) is 34.1 Å². The summed E-state index contributed by atoms with van der Waals surface area (Å²) in [5, 5.41) is 4.73. The van der Waals surface area contributed by atoms with E-state index in [2.05, 4.69) is 35.4 Å². The second-order valence-electron chi connectivity index (χ2n) is 5.42. The van der Waals surface area contributed by atoms with E-state index in [0.717, 1.165) is 30.6 Å². The number of fused-ring (bicyclic) bond motifs is 1. The maximum atomic E-state index is 5.65. The van der Waals surface area contributed by atoms with Crippen molar-refractivity contribution in [3.05, 3.63) is 36.0 Å². The van der Waals surface area contributed by atoms with Crippen molar-refractivity contribution in [1.82, 2.24) is 4.98 Å². The van der Waals surface area contributed by atoms with Crippen molar-refractivity contribution in [3.63, 3.8) is 0 Å². The summed E-state index contributed by atoms with van der Waals surface area (Å²) in [6.45, 7) is 2.97. The molecule has 1 N–H and O–H groups in total. The Balaban J connectivity index is 1.87. The Morgan fingerprint density at radius 1 is 1.32 bits per heavy atom. The third kappa shape index (κ3) is 2.19. The summed E-state index contributed by atoms with van der Waals surface area (Å²) in [6.07, 6.45) is 5.45. The van der Waals surface area contributed by atoms with Crippen LogP contribution in [-0.2, 0) is 4.74 Å². The lowest BCUT2D eigenvalue weighted by molar-refractivity contribution is -0.0601. The van der Waals surface area contributed by atoms with Gasteiger partial charge in [-0.05, 0) is 37.8 Å². The molecule has 0 aliphatic heterocycles. The predicted molar refractivity (Wildman–Crippen MR) is 78.6 cm³/mol. The van der Waals surface area contributed by atoms with E-state index in [-0.39, 0.29) is 5.60 Å². The quantitative estimate of drug-likeness (QED) is 0.908. The minimum Gasteiger partial charge on any atom is -0.382 e. The van der Waals surface area contributed by atoms with Gasteiger partial charge in [-0.15, -0.1) is 0 Å². The Labute approximate surface area is 114 Å². The van der Waals surface area contributed by atoms with Gasteiger partial charge in [-0.3, -0.25) is 4.98 Å². The van der Waals surface area contributed by atoms with Crippen molar-refractivity contribution in [2.24, 2.45) is 0 Å². The number of hydrogen-bond acceptors (Lipinski definition) is 3. The van der Waals surface area contributed by atoms with Gasteiger partial charge in [-0.2, -0.15) is 0 Å². The molecule has 0 unspecified atom stereocenters. The molecule has 0 radical (unpaired) electrons. The molecule has 0 saturated heterocycles. The third-order valence-corrected chi connectivity index (χ3v) is 4.27. The number of methoxy groups -OCH3 is 1. The standard InChI is InChI=1S/C16H20N2O/c1-12-5-3-6-13-14(7-10-17-15(12)13)18-11-16(19-2)8-4-9-16/h3,5-7,10H,4,8-9,11H2,1-2H3,(H,17,18). The monoisotopic (exact) mass is 256 g/mol. The number of nitrogens with one attached hydrogen (secondary N) is 1. The van der Waals surface area contributed by atoms with Crippen LogP contribution in [-0.4, -0.2) is 24.2 Å². The molecule has 1 aromatic heterocycles. The molecule has 1 aromatic carbocycles. The molecule has 0 bridgehead atoms. The summed E-state index contributed by atoms with van der Waals surface area (Å²) in [5.74, 6) is 0. The number of benzene rings is 1. The highest BCUT2D eigenvalue weighted by Gasteiger charge is 2.36. The molecule has 19 heavy (non-hydrogen) atoms. The fourth-order valence-corrected chi connectivity index (χ4v) is 2.76. The number of aryl methyl sites for hydroxylation is 1. The Bertz CT molecular complexity index is 585. The molecule has 2 aromatic rings. The number of nitrogens with zero attached hydrogens (tertiary/aromatic N) is 1. The van der Waals surface area contributed by atoms with E-state index in [9.17, 15) is 0 Å². The van der Waals surface area contributed by atoms with E-state index in [0.29, 0.717) is 0 Å². The van der Waals surface area contributed by atoms with E-state index in [1.807, 2.05) is 19.4 Å². The maximum absolute atomic E-state index is 5.65. The predicted octanol–water partition coefficient (Wildman–Crippen LogP) is 3.52. The SMILES string of the molecule is COC1(CNc2ccnc3c(C)cccc23)CCC1. The second-order valence-corrected chi connectivity index (χ2v) is 5.42. The van der Waals surface area contributed by atoms with Crippen molar-refractivity contribution in [2.45, 2.75) is 31.8 Å². The van der Waals surface area contributed by atoms with E-state index in [4.69, 9.17) is 4.74 Å². The first-order valence-electron chi connectivity index (χ1n) is 6.87. The number of ether oxygens (including phenoxy) is 1. The zero-order valence-electron chi connectivity index (χ0n) is 11.6. The molecule has 3 nitrogen and oxygen atoms in total. The van der Waals surface area contributed by atoms with Crippen LogP contribution in [0.1, 0.15) is 24.8 Å². The summed E-state index contributed by atoms with van der Waals surface area (Å²) in [6, 6.07) is 8.35. The molecule has 0 spiro atoms. The Morgan fingerprint density at radius 3 is 2.84 bits per heavy atom. The highest BCUT2D eigenvalue weighted by Crippen LogP contribution is 2.35. The number of para-hydroxylation sites is 1. The van der Waals surface area contributed by atoms with Gasteiger partial charge < -0.3 is 10.1 Å². The normalized spacial score (nSPS) is 17.2. The molecular formula is C16H20N2O. The molecule has 3 rings (SSSR count). The fourth-order valence-electron chi connectivity index (χ4n) is 2.76. The zero-order valence-corrected chi connectivity index (χ0v) is 11.6. The van der Waals surface area contributed by atoms with E-state index >= 15 is 0 Å². The van der Waals surface area contributed by atoms with Crippen molar-refractivity contribution in [2.75, 3.05) is 19.0 Å². The van der Waals surface area contributed by atoms with Crippen molar-refractivity contribution < 1.29 is 4.74 Å². The molecule has 1 saturated carbocycles. The summed E-state index contributed by atoms with van der Waals surface area (Å²) >= 11 is 0. The van der Waals surface area contributed by atoms with Gasteiger partial charge in [0, 0.05) is 30.9 Å². The summed E-state index contributed by atoms with van der Waals surface area (Å²) in [7, 11) is 1.82. The van der Waals surface area contributed by atoms with Crippen LogP contribution in [0.15, 0.2) is 30.5 Å². The van der Waals surface area contributed by atoms with Gasteiger partial charge in [0.15, 0.2) is 0 Å². The van der Waals surface area contributed by atoms with Crippen molar-refractivity contribution in [3.8, 4) is 0 Å². The van der Waals surface area contributed by atoms with E-state index in [1.54, 1.807) is 0 Å². The van der Waals surface area contributed by atoms with Gasteiger partial charge in [-0.1, -0.05) is 18.2 Å². The molecule has 0 atom stereocenters. The van der Waals surface area contributed by atoms with Crippen LogP contribution in [0.3, 0.4) is 0 Å². The highest BCUT2D eigenvalue weighted by molar-refractivity contribution is 5.92. The first-order chi connectivity index (χ1) is 9.24. The molecule has 1 fully saturated rings. The van der Waals surface area contributed by atoms with Crippen LogP contribution in [0.4, 0.5) is 5.69 Å². The number of aromatic nitrogens is 1. The number of anilines is 1. The Morgan fingerprint density at radius 2 is 2.16 bits per heavy atom. The smallest absolute Gasteiger partial charge is 0.0850 e. The third-order valence-electron chi connectivity index (χ3n) is 4.27. The Kier molecular flexibility index (Phi) is 3.15. The minimum absolute atomic E-state index is 0.0411. The molecule has 0 amide bonds. The average Bonchev–Trinajstić information content (AvgIpc) is 2.39. The molecule has 3 heteroatoms. The number of hydrogen-bond donors (Lipinski definition) is 1. The van der Waals surface area contributed by atoms with Gasteiger partial charge in [0.25, 0.3) is 0 Å². The first kappa shape index (κ1) is 12.4. The second kappa shape index (κ2) is 4.82. The number of pyridine rings is 1. The van der Waals surface area contributed by atoms with E-state index in [1.165, 1.54) is 17.4 Å². The maximum Gasteiger partial charge on any atom is 0.0850 e. The Hall–Kier alpha value is -1.61.